The van der Waals surface area contributed by atoms with Crippen molar-refractivity contribution in [3.05, 3.63) is 28.3 Å². The molecule has 0 amide bonds. The van der Waals surface area contributed by atoms with E-state index in [4.69, 9.17) is 17.3 Å². The van der Waals surface area contributed by atoms with Crippen molar-refractivity contribution in [3.63, 3.8) is 0 Å². The fourth-order valence-electron chi connectivity index (χ4n) is 1.01. The molecule has 0 saturated carbocycles. The summed E-state index contributed by atoms with van der Waals surface area (Å²) in [5, 5.41) is 0.00506. The molecule has 1 nitrogen and oxygen atoms in total. The number of anilines is 1. The number of alkyl halides is 4. The second kappa shape index (κ2) is 3.98. The molecule has 1 rings (SSSR count). The van der Waals surface area contributed by atoms with Crippen molar-refractivity contribution in [1.29, 1.82) is 0 Å². The summed E-state index contributed by atoms with van der Waals surface area (Å²) in [6.07, 6.45) is -4.40. The molecular weight excluding hydrogens is 282 g/mol. The predicted octanol–water partition coefficient (Wildman–Crippen LogP) is 3.84. The monoisotopic (exact) mass is 287 g/mol. The molecule has 1 aromatic carbocycles. The molecule has 0 saturated heterocycles. The molecule has 0 bridgehead atoms. The second-order valence-corrected chi connectivity index (χ2v) is 3.63. The molecule has 0 atom stereocenters. The van der Waals surface area contributed by atoms with E-state index in [2.05, 4.69) is 15.9 Å². The van der Waals surface area contributed by atoms with Crippen LogP contribution in [0, 0.1) is 0 Å². The van der Waals surface area contributed by atoms with Crippen molar-refractivity contribution in [2.75, 3.05) is 5.73 Å². The topological polar surface area (TPSA) is 26.0 Å². The van der Waals surface area contributed by atoms with Gasteiger partial charge in [0.1, 0.15) is 0 Å². The van der Waals surface area contributed by atoms with E-state index in [1.54, 1.807) is 0 Å². The molecule has 0 fully saturated rings. The van der Waals surface area contributed by atoms with Gasteiger partial charge in [0.15, 0.2) is 0 Å². The summed E-state index contributed by atoms with van der Waals surface area (Å²) in [5.41, 5.74) is 4.86. The second-order valence-electron chi connectivity index (χ2n) is 2.66. The molecule has 14 heavy (non-hydrogen) atoms. The van der Waals surface area contributed by atoms with Crippen molar-refractivity contribution >= 4 is 33.2 Å². The van der Waals surface area contributed by atoms with Gasteiger partial charge in [0.25, 0.3) is 0 Å². The van der Waals surface area contributed by atoms with Crippen molar-refractivity contribution in [2.45, 2.75) is 11.5 Å². The van der Waals surface area contributed by atoms with E-state index >= 15 is 0 Å². The summed E-state index contributed by atoms with van der Waals surface area (Å²) in [7, 11) is 0. The molecule has 0 radical (unpaired) electrons. The van der Waals surface area contributed by atoms with E-state index in [-0.39, 0.29) is 21.6 Å². The van der Waals surface area contributed by atoms with E-state index in [0.717, 1.165) is 6.07 Å². The molecule has 0 spiro atoms. The van der Waals surface area contributed by atoms with Crippen LogP contribution >= 0.6 is 27.5 Å². The summed E-state index contributed by atoms with van der Waals surface area (Å²) < 4.78 is 37.3. The summed E-state index contributed by atoms with van der Waals surface area (Å²) in [5.74, 6) is 0. The first-order chi connectivity index (χ1) is 6.36. The minimum atomic E-state index is -4.40. The third kappa shape index (κ3) is 2.33. The number of halogens is 5. The van der Waals surface area contributed by atoms with E-state index < -0.39 is 11.7 Å². The standard InChI is InChI=1S/C8H6BrClF3N/c9-3-4-1-7(14)6(10)2-5(4)8(11,12)13/h1-2H,3,14H2. The van der Waals surface area contributed by atoms with Crippen molar-refractivity contribution in [2.24, 2.45) is 0 Å². The molecule has 0 unspecified atom stereocenters. The Hall–Kier alpha value is -0.420. The first-order valence-electron chi connectivity index (χ1n) is 3.57. The summed E-state index contributed by atoms with van der Waals surface area (Å²) in [6, 6.07) is 2.06. The van der Waals surface area contributed by atoms with E-state index in [1.807, 2.05) is 0 Å². The third-order valence-corrected chi connectivity index (χ3v) is 2.60. The van der Waals surface area contributed by atoms with Crippen LogP contribution in [0.15, 0.2) is 12.1 Å². The Morgan fingerprint density at radius 3 is 2.36 bits per heavy atom. The maximum Gasteiger partial charge on any atom is 0.416 e. The minimum absolute atomic E-state index is 0.0815. The zero-order valence-corrected chi connectivity index (χ0v) is 9.17. The van der Waals surface area contributed by atoms with Crippen LogP contribution in [0.25, 0.3) is 0 Å². The Morgan fingerprint density at radius 1 is 1.36 bits per heavy atom. The number of nitrogen functional groups attached to an aromatic ring is 1. The summed E-state index contributed by atoms with van der Waals surface area (Å²) in [4.78, 5) is 0. The largest absolute Gasteiger partial charge is 0.416 e. The molecular formula is C8H6BrClF3N. The highest BCUT2D eigenvalue weighted by Crippen LogP contribution is 2.36. The van der Waals surface area contributed by atoms with E-state index in [9.17, 15) is 13.2 Å². The van der Waals surface area contributed by atoms with Crippen LogP contribution in [0.4, 0.5) is 18.9 Å². The smallest absolute Gasteiger partial charge is 0.398 e. The zero-order valence-electron chi connectivity index (χ0n) is 6.83. The summed E-state index contributed by atoms with van der Waals surface area (Å²) in [6.45, 7) is 0. The average Bonchev–Trinajstić information content (AvgIpc) is 2.07. The Balaban J connectivity index is 3.35. The molecule has 6 heteroatoms. The molecule has 0 heterocycles. The molecule has 0 aromatic heterocycles. The van der Waals surface area contributed by atoms with Crippen LogP contribution in [0.1, 0.15) is 11.1 Å². The number of hydrogen-bond donors (Lipinski definition) is 1. The van der Waals surface area contributed by atoms with Gasteiger partial charge in [-0.25, -0.2) is 0 Å². The fourth-order valence-corrected chi connectivity index (χ4v) is 1.64. The normalized spacial score (nSPS) is 11.8. The lowest BCUT2D eigenvalue weighted by molar-refractivity contribution is -0.138. The van der Waals surface area contributed by atoms with Crippen molar-refractivity contribution < 1.29 is 13.2 Å². The zero-order chi connectivity index (χ0) is 10.9. The Bertz CT molecular complexity index is 351. The molecule has 2 N–H and O–H groups in total. The van der Waals surface area contributed by atoms with Crippen molar-refractivity contribution in [1.82, 2.24) is 0 Å². The first kappa shape index (κ1) is 11.7. The highest BCUT2D eigenvalue weighted by molar-refractivity contribution is 9.08. The molecule has 78 valence electrons. The van der Waals surface area contributed by atoms with Gasteiger partial charge >= 0.3 is 6.18 Å². The van der Waals surface area contributed by atoms with Crippen LogP contribution in [0.2, 0.25) is 5.02 Å². The maximum absolute atomic E-state index is 12.4. The maximum atomic E-state index is 12.4. The molecule has 0 aliphatic rings. The van der Waals surface area contributed by atoms with Gasteiger partial charge in [-0.3, -0.25) is 0 Å². The molecule has 0 aliphatic heterocycles. The number of benzene rings is 1. The third-order valence-electron chi connectivity index (χ3n) is 1.67. The number of hydrogen-bond acceptors (Lipinski definition) is 1. The van der Waals surface area contributed by atoms with Gasteiger partial charge in [-0.05, 0) is 17.7 Å². The lowest BCUT2D eigenvalue weighted by Gasteiger charge is -2.12. The van der Waals surface area contributed by atoms with Gasteiger partial charge < -0.3 is 5.73 Å². The SMILES string of the molecule is Nc1cc(CBr)c(C(F)(F)F)cc1Cl. The van der Waals surface area contributed by atoms with Gasteiger partial charge in [0.05, 0.1) is 16.3 Å². The lowest BCUT2D eigenvalue weighted by Crippen LogP contribution is -2.09. The number of nitrogens with two attached hydrogens (primary N) is 1. The molecule has 1 aromatic rings. The van der Waals surface area contributed by atoms with Gasteiger partial charge in [-0.1, -0.05) is 27.5 Å². The van der Waals surface area contributed by atoms with E-state index in [1.165, 1.54) is 6.07 Å². The van der Waals surface area contributed by atoms with Gasteiger partial charge in [0, 0.05) is 5.33 Å². The minimum Gasteiger partial charge on any atom is -0.398 e. The highest BCUT2D eigenvalue weighted by atomic mass is 79.9. The molecule has 0 aliphatic carbocycles. The van der Waals surface area contributed by atoms with Gasteiger partial charge in [-0.2, -0.15) is 13.2 Å². The van der Waals surface area contributed by atoms with Crippen LogP contribution in [0.5, 0.6) is 0 Å². The number of rotatable bonds is 1. The summed E-state index contributed by atoms with van der Waals surface area (Å²) >= 11 is 8.47. The lowest BCUT2D eigenvalue weighted by atomic mass is 10.1. The Morgan fingerprint density at radius 2 is 1.93 bits per heavy atom. The van der Waals surface area contributed by atoms with E-state index in [0.29, 0.717) is 0 Å². The van der Waals surface area contributed by atoms with Crippen LogP contribution < -0.4 is 5.73 Å². The van der Waals surface area contributed by atoms with Gasteiger partial charge in [-0.15, -0.1) is 0 Å². The Labute approximate surface area is 92.2 Å². The van der Waals surface area contributed by atoms with Crippen LogP contribution in [0.3, 0.4) is 0 Å². The Kier molecular flexibility index (Phi) is 3.32. The van der Waals surface area contributed by atoms with Crippen LogP contribution in [-0.4, -0.2) is 0 Å². The van der Waals surface area contributed by atoms with Gasteiger partial charge in [0.2, 0.25) is 0 Å². The highest BCUT2D eigenvalue weighted by Gasteiger charge is 2.33. The predicted molar refractivity (Wildman–Crippen MR) is 53.5 cm³/mol. The van der Waals surface area contributed by atoms with Crippen molar-refractivity contribution in [3.8, 4) is 0 Å². The fraction of sp³-hybridized carbons (Fsp3) is 0.250. The van der Waals surface area contributed by atoms with Crippen LogP contribution in [-0.2, 0) is 11.5 Å². The quantitative estimate of drug-likeness (QED) is 0.617. The average molecular weight is 288 g/mol. The first-order valence-corrected chi connectivity index (χ1v) is 5.07.